The fourth-order valence-corrected chi connectivity index (χ4v) is 2.38. The smallest absolute Gasteiger partial charge is 0.0237 e. The fourth-order valence-electron chi connectivity index (χ4n) is 2.38. The molecule has 1 N–H and O–H groups in total. The Morgan fingerprint density at radius 1 is 1.41 bits per heavy atom. The highest BCUT2D eigenvalue weighted by atomic mass is 15.1. The molecule has 0 fully saturated rings. The molecule has 0 radical (unpaired) electrons. The third-order valence-electron chi connectivity index (χ3n) is 3.40. The van der Waals surface area contributed by atoms with Gasteiger partial charge in [0.1, 0.15) is 0 Å². The van der Waals surface area contributed by atoms with Crippen LogP contribution in [-0.2, 0) is 19.5 Å². The predicted molar refractivity (Wildman–Crippen MR) is 73.0 cm³/mol. The van der Waals surface area contributed by atoms with Crippen molar-refractivity contribution in [1.82, 2.24) is 10.2 Å². The van der Waals surface area contributed by atoms with Gasteiger partial charge in [0.25, 0.3) is 0 Å². The molecule has 1 aromatic rings. The van der Waals surface area contributed by atoms with Gasteiger partial charge in [0.05, 0.1) is 0 Å². The van der Waals surface area contributed by atoms with Crippen molar-refractivity contribution in [3.8, 4) is 0 Å². The summed E-state index contributed by atoms with van der Waals surface area (Å²) in [5.41, 5.74) is 4.40. The normalized spacial score (nSPS) is 14.7. The van der Waals surface area contributed by atoms with E-state index in [2.05, 4.69) is 41.9 Å². The van der Waals surface area contributed by atoms with E-state index in [0.717, 1.165) is 32.7 Å². The second-order valence-electron chi connectivity index (χ2n) is 4.65. The number of likely N-dealkylation sites (N-methyl/N-ethyl adjacent to an activating group) is 1. The first-order valence-electron chi connectivity index (χ1n) is 6.48. The molecule has 92 valence electrons. The van der Waals surface area contributed by atoms with E-state index in [4.69, 9.17) is 0 Å². The number of hydrogen-bond acceptors (Lipinski definition) is 2. The van der Waals surface area contributed by atoms with Crippen molar-refractivity contribution in [1.29, 1.82) is 0 Å². The average molecular weight is 230 g/mol. The SMILES string of the molecule is C=CCN(CC)Cc1ccc2c(c1)CNCC2. The first-order valence-corrected chi connectivity index (χ1v) is 6.48. The van der Waals surface area contributed by atoms with Crippen molar-refractivity contribution < 1.29 is 0 Å². The third-order valence-corrected chi connectivity index (χ3v) is 3.40. The molecule has 1 aliphatic heterocycles. The molecule has 1 aromatic carbocycles. The highest BCUT2D eigenvalue weighted by molar-refractivity contribution is 5.33. The van der Waals surface area contributed by atoms with Crippen LogP contribution in [0.5, 0.6) is 0 Å². The summed E-state index contributed by atoms with van der Waals surface area (Å²) in [5, 5.41) is 3.43. The quantitative estimate of drug-likeness (QED) is 0.781. The van der Waals surface area contributed by atoms with Crippen LogP contribution in [0, 0.1) is 0 Å². The van der Waals surface area contributed by atoms with Crippen molar-refractivity contribution in [2.45, 2.75) is 26.4 Å². The zero-order chi connectivity index (χ0) is 12.1. The molecule has 1 aliphatic rings. The van der Waals surface area contributed by atoms with Crippen molar-refractivity contribution in [3.05, 3.63) is 47.5 Å². The summed E-state index contributed by atoms with van der Waals surface area (Å²) in [6.07, 6.45) is 3.14. The first-order chi connectivity index (χ1) is 8.33. The number of benzene rings is 1. The summed E-state index contributed by atoms with van der Waals surface area (Å²) in [6, 6.07) is 6.93. The molecular weight excluding hydrogens is 208 g/mol. The topological polar surface area (TPSA) is 15.3 Å². The van der Waals surface area contributed by atoms with Gasteiger partial charge in [-0.2, -0.15) is 0 Å². The van der Waals surface area contributed by atoms with Crippen LogP contribution in [0.2, 0.25) is 0 Å². The minimum absolute atomic E-state index is 0.964. The lowest BCUT2D eigenvalue weighted by Crippen LogP contribution is -2.25. The number of rotatable bonds is 5. The molecule has 0 saturated heterocycles. The maximum atomic E-state index is 3.81. The van der Waals surface area contributed by atoms with E-state index in [9.17, 15) is 0 Å². The van der Waals surface area contributed by atoms with Gasteiger partial charge in [-0.05, 0) is 36.2 Å². The molecule has 2 nitrogen and oxygen atoms in total. The Bertz CT molecular complexity index is 385. The predicted octanol–water partition coefficient (Wildman–Crippen LogP) is 2.34. The second-order valence-corrected chi connectivity index (χ2v) is 4.65. The van der Waals surface area contributed by atoms with Gasteiger partial charge in [0.2, 0.25) is 0 Å². The van der Waals surface area contributed by atoms with E-state index < -0.39 is 0 Å². The summed E-state index contributed by atoms with van der Waals surface area (Å²) < 4.78 is 0. The minimum atomic E-state index is 0.964. The van der Waals surface area contributed by atoms with Gasteiger partial charge in [0, 0.05) is 19.6 Å². The Hall–Kier alpha value is -1.12. The molecule has 0 saturated carbocycles. The first kappa shape index (κ1) is 12.3. The molecule has 0 spiro atoms. The van der Waals surface area contributed by atoms with E-state index in [1.54, 1.807) is 0 Å². The lowest BCUT2D eigenvalue weighted by molar-refractivity contribution is 0.311. The standard InChI is InChI=1S/C15H22N2/c1-3-9-17(4-2)12-13-5-6-14-7-8-16-11-15(14)10-13/h3,5-6,10,16H,1,4,7-9,11-12H2,2H3. The Labute approximate surface area is 104 Å². The minimum Gasteiger partial charge on any atom is -0.312 e. The molecule has 2 heteroatoms. The Morgan fingerprint density at radius 3 is 3.06 bits per heavy atom. The van der Waals surface area contributed by atoms with E-state index >= 15 is 0 Å². The molecular formula is C15H22N2. The zero-order valence-corrected chi connectivity index (χ0v) is 10.7. The van der Waals surface area contributed by atoms with E-state index in [0.29, 0.717) is 0 Å². The maximum Gasteiger partial charge on any atom is 0.0237 e. The number of fused-ring (bicyclic) bond motifs is 1. The molecule has 2 rings (SSSR count). The molecule has 1 heterocycles. The van der Waals surface area contributed by atoms with Gasteiger partial charge in [-0.15, -0.1) is 6.58 Å². The average Bonchev–Trinajstić information content (AvgIpc) is 2.38. The number of hydrogen-bond donors (Lipinski definition) is 1. The molecule has 0 atom stereocenters. The van der Waals surface area contributed by atoms with Gasteiger partial charge >= 0.3 is 0 Å². The molecule has 0 bridgehead atoms. The third kappa shape index (κ3) is 3.18. The molecule has 0 amide bonds. The van der Waals surface area contributed by atoms with Crippen LogP contribution in [0.15, 0.2) is 30.9 Å². The Kier molecular flexibility index (Phi) is 4.35. The van der Waals surface area contributed by atoms with E-state index in [1.165, 1.54) is 23.1 Å². The molecule has 0 unspecified atom stereocenters. The van der Waals surface area contributed by atoms with Gasteiger partial charge in [-0.25, -0.2) is 0 Å². The summed E-state index contributed by atoms with van der Waals surface area (Å²) in [7, 11) is 0. The van der Waals surface area contributed by atoms with Gasteiger partial charge in [-0.3, -0.25) is 4.90 Å². The van der Waals surface area contributed by atoms with Gasteiger partial charge in [0.15, 0.2) is 0 Å². The van der Waals surface area contributed by atoms with Crippen LogP contribution >= 0.6 is 0 Å². The summed E-state index contributed by atoms with van der Waals surface area (Å²) in [5.74, 6) is 0. The number of nitrogens with one attached hydrogen (secondary N) is 1. The van der Waals surface area contributed by atoms with Crippen LogP contribution in [0.1, 0.15) is 23.6 Å². The monoisotopic (exact) mass is 230 g/mol. The largest absolute Gasteiger partial charge is 0.312 e. The van der Waals surface area contributed by atoms with Crippen molar-refractivity contribution in [3.63, 3.8) is 0 Å². The molecule has 0 aliphatic carbocycles. The van der Waals surface area contributed by atoms with Crippen LogP contribution in [-0.4, -0.2) is 24.5 Å². The Balaban J connectivity index is 2.08. The van der Waals surface area contributed by atoms with Crippen LogP contribution in [0.25, 0.3) is 0 Å². The molecule has 0 aromatic heterocycles. The lowest BCUT2D eigenvalue weighted by Gasteiger charge is -2.21. The highest BCUT2D eigenvalue weighted by Crippen LogP contribution is 2.17. The van der Waals surface area contributed by atoms with Crippen LogP contribution in [0.3, 0.4) is 0 Å². The van der Waals surface area contributed by atoms with E-state index in [1.807, 2.05) is 6.08 Å². The second kappa shape index (κ2) is 5.99. The van der Waals surface area contributed by atoms with Crippen LogP contribution < -0.4 is 5.32 Å². The van der Waals surface area contributed by atoms with Crippen molar-refractivity contribution in [2.24, 2.45) is 0 Å². The fraction of sp³-hybridized carbons (Fsp3) is 0.467. The van der Waals surface area contributed by atoms with Gasteiger partial charge < -0.3 is 5.32 Å². The Morgan fingerprint density at radius 2 is 2.29 bits per heavy atom. The van der Waals surface area contributed by atoms with E-state index in [-0.39, 0.29) is 0 Å². The van der Waals surface area contributed by atoms with Crippen LogP contribution in [0.4, 0.5) is 0 Å². The summed E-state index contributed by atoms with van der Waals surface area (Å²) in [6.45, 7) is 11.2. The van der Waals surface area contributed by atoms with Crippen molar-refractivity contribution in [2.75, 3.05) is 19.6 Å². The maximum absolute atomic E-state index is 3.81. The zero-order valence-electron chi connectivity index (χ0n) is 10.7. The summed E-state index contributed by atoms with van der Waals surface area (Å²) >= 11 is 0. The van der Waals surface area contributed by atoms with Gasteiger partial charge in [-0.1, -0.05) is 31.2 Å². The number of nitrogens with zero attached hydrogens (tertiary/aromatic N) is 1. The summed E-state index contributed by atoms with van der Waals surface area (Å²) in [4.78, 5) is 2.39. The highest BCUT2D eigenvalue weighted by Gasteiger charge is 2.09. The lowest BCUT2D eigenvalue weighted by atomic mass is 9.98. The van der Waals surface area contributed by atoms with Crippen molar-refractivity contribution >= 4 is 0 Å². The molecule has 17 heavy (non-hydrogen) atoms.